The minimum Gasteiger partial charge on any atom is -0.480 e. The molecule has 0 radical (unpaired) electrons. The van der Waals surface area contributed by atoms with Crippen LogP contribution in [0, 0.1) is 13.8 Å². The van der Waals surface area contributed by atoms with Crippen LogP contribution in [0.1, 0.15) is 54.2 Å². The number of carboxylic acid groups (broad SMARTS) is 1. The summed E-state index contributed by atoms with van der Waals surface area (Å²) in [6, 6.07) is 1.02. The topological polar surface area (TPSA) is 110 Å². The molecule has 2 N–H and O–H groups in total. The van der Waals surface area contributed by atoms with Crippen LogP contribution in [-0.4, -0.2) is 23.0 Å². The van der Waals surface area contributed by atoms with Crippen molar-refractivity contribution in [3.05, 3.63) is 44.5 Å². The highest BCUT2D eigenvalue weighted by Gasteiger charge is 2.24. The molecule has 1 aliphatic rings. The molecule has 0 saturated heterocycles. The Morgan fingerprint density at radius 2 is 1.80 bits per heavy atom. The molecule has 0 aliphatic heterocycles. The molecule has 1 atom stereocenters. The number of rotatable bonds is 5. The van der Waals surface area contributed by atoms with Gasteiger partial charge in [-0.3, -0.25) is 4.79 Å². The van der Waals surface area contributed by atoms with Gasteiger partial charge in [-0.25, -0.2) is 9.59 Å². The molecule has 30 heavy (non-hydrogen) atoms. The maximum Gasteiger partial charge on any atom is 0.340 e. The fraction of sp³-hybridized carbons (Fsp3) is 0.435. The third-order valence-electron chi connectivity index (χ3n) is 6.10. The molecule has 0 spiro atoms. The van der Waals surface area contributed by atoms with Gasteiger partial charge in [-0.2, -0.15) is 0 Å². The first-order valence-electron chi connectivity index (χ1n) is 10.3. The van der Waals surface area contributed by atoms with E-state index < -0.39 is 23.5 Å². The molecule has 4 rings (SSSR count). The summed E-state index contributed by atoms with van der Waals surface area (Å²) >= 11 is 0. The summed E-state index contributed by atoms with van der Waals surface area (Å²) in [7, 11) is 0. The molecule has 2 heterocycles. The number of carbonyl (C=O) groups excluding carboxylic acids is 1. The van der Waals surface area contributed by atoms with Gasteiger partial charge >= 0.3 is 11.6 Å². The number of hydrogen-bond acceptors (Lipinski definition) is 5. The third-order valence-corrected chi connectivity index (χ3v) is 6.10. The average Bonchev–Trinajstić information content (AvgIpc) is 3.09. The predicted molar refractivity (Wildman–Crippen MR) is 112 cm³/mol. The van der Waals surface area contributed by atoms with Crippen molar-refractivity contribution in [2.45, 2.75) is 65.3 Å². The van der Waals surface area contributed by atoms with E-state index in [0.717, 1.165) is 53.4 Å². The Morgan fingerprint density at radius 1 is 1.10 bits per heavy atom. The maximum absolute atomic E-state index is 12.7. The van der Waals surface area contributed by atoms with E-state index in [4.69, 9.17) is 13.9 Å². The van der Waals surface area contributed by atoms with Crippen LogP contribution in [0.15, 0.2) is 19.7 Å². The summed E-state index contributed by atoms with van der Waals surface area (Å²) in [6.07, 6.45) is 4.13. The Balaban J connectivity index is 1.80. The van der Waals surface area contributed by atoms with Crippen molar-refractivity contribution in [3.8, 4) is 0 Å². The van der Waals surface area contributed by atoms with Crippen LogP contribution in [0.25, 0.3) is 21.9 Å². The van der Waals surface area contributed by atoms with Crippen LogP contribution in [0.5, 0.6) is 0 Å². The second-order valence-electron chi connectivity index (χ2n) is 8.00. The summed E-state index contributed by atoms with van der Waals surface area (Å²) in [5.74, 6) is -0.609. The first kappa shape index (κ1) is 20.2. The molecule has 7 heteroatoms. The van der Waals surface area contributed by atoms with Gasteiger partial charge in [0.15, 0.2) is 0 Å². The quantitative estimate of drug-likeness (QED) is 0.621. The van der Waals surface area contributed by atoms with E-state index in [1.807, 2.05) is 13.0 Å². The minimum atomic E-state index is -1.10. The Bertz CT molecular complexity index is 1230. The Morgan fingerprint density at radius 3 is 2.50 bits per heavy atom. The Hall–Kier alpha value is -3.09. The number of fused-ring (bicyclic) bond motifs is 4. The van der Waals surface area contributed by atoms with E-state index in [-0.39, 0.29) is 18.4 Å². The standard InChI is InChI=1S/C23H25NO6/c1-4-17(22(26)27)24-19(25)10-15-11(2)14-9-16-13-7-5-6-8-18(13)29-21(16)12(3)20(14)30-23(15)28/h9,17H,4-8,10H2,1-3H3,(H,24,25)(H,26,27). The van der Waals surface area contributed by atoms with Crippen LogP contribution in [-0.2, 0) is 28.9 Å². The van der Waals surface area contributed by atoms with Crippen molar-refractivity contribution in [1.29, 1.82) is 0 Å². The molecule has 1 amide bonds. The molecule has 1 unspecified atom stereocenters. The highest BCUT2D eigenvalue weighted by Crippen LogP contribution is 2.37. The van der Waals surface area contributed by atoms with Crippen molar-refractivity contribution in [2.24, 2.45) is 0 Å². The lowest BCUT2D eigenvalue weighted by Gasteiger charge is -2.13. The predicted octanol–water partition coefficient (Wildman–Crippen LogP) is 3.56. The number of aryl methyl sites for hydroxylation is 4. The number of furan rings is 1. The molecular formula is C23H25NO6. The Kier molecular flexibility index (Phi) is 5.13. The maximum atomic E-state index is 12.7. The van der Waals surface area contributed by atoms with Crippen molar-refractivity contribution in [2.75, 3.05) is 0 Å². The van der Waals surface area contributed by atoms with Crippen LogP contribution in [0.2, 0.25) is 0 Å². The summed E-state index contributed by atoms with van der Waals surface area (Å²) in [6.45, 7) is 5.36. The number of aliphatic carboxylic acids is 1. The van der Waals surface area contributed by atoms with Gasteiger partial charge in [-0.05, 0) is 51.2 Å². The van der Waals surface area contributed by atoms with Crippen molar-refractivity contribution in [3.63, 3.8) is 0 Å². The summed E-state index contributed by atoms with van der Waals surface area (Å²) in [4.78, 5) is 36.2. The van der Waals surface area contributed by atoms with Crippen molar-refractivity contribution >= 4 is 33.8 Å². The Labute approximate surface area is 173 Å². The van der Waals surface area contributed by atoms with Crippen LogP contribution in [0.3, 0.4) is 0 Å². The molecule has 0 fully saturated rings. The lowest BCUT2D eigenvalue weighted by Crippen LogP contribution is -2.41. The number of carbonyl (C=O) groups is 2. The van der Waals surface area contributed by atoms with Gasteiger partial charge in [0.25, 0.3) is 0 Å². The van der Waals surface area contributed by atoms with Crippen molar-refractivity contribution < 1.29 is 23.5 Å². The lowest BCUT2D eigenvalue weighted by atomic mass is 9.93. The number of amides is 1. The first-order chi connectivity index (χ1) is 14.3. The van der Waals surface area contributed by atoms with Gasteiger partial charge in [0.1, 0.15) is 23.0 Å². The first-order valence-corrected chi connectivity index (χ1v) is 10.3. The van der Waals surface area contributed by atoms with Crippen molar-refractivity contribution in [1.82, 2.24) is 5.32 Å². The summed E-state index contributed by atoms with van der Waals surface area (Å²) in [5, 5.41) is 13.4. The van der Waals surface area contributed by atoms with Gasteiger partial charge < -0.3 is 19.3 Å². The molecule has 158 valence electrons. The molecule has 0 bridgehead atoms. The fourth-order valence-corrected chi connectivity index (χ4v) is 4.37. The summed E-state index contributed by atoms with van der Waals surface area (Å²) in [5.41, 5.74) is 3.57. The average molecular weight is 411 g/mol. The number of benzene rings is 1. The van der Waals surface area contributed by atoms with Gasteiger partial charge in [0, 0.05) is 28.3 Å². The van der Waals surface area contributed by atoms with Crippen LogP contribution < -0.4 is 10.9 Å². The molecule has 3 aromatic rings. The second kappa shape index (κ2) is 7.63. The third kappa shape index (κ3) is 3.28. The largest absolute Gasteiger partial charge is 0.480 e. The number of hydrogen-bond donors (Lipinski definition) is 2. The molecule has 1 aromatic carbocycles. The molecular weight excluding hydrogens is 386 g/mol. The van der Waals surface area contributed by atoms with Crippen LogP contribution >= 0.6 is 0 Å². The normalized spacial score (nSPS) is 14.6. The van der Waals surface area contributed by atoms with E-state index in [2.05, 4.69) is 5.32 Å². The van der Waals surface area contributed by atoms with E-state index in [9.17, 15) is 14.4 Å². The van der Waals surface area contributed by atoms with Gasteiger partial charge in [-0.15, -0.1) is 0 Å². The molecule has 0 saturated carbocycles. The zero-order chi connectivity index (χ0) is 21.6. The van der Waals surface area contributed by atoms with Crippen LogP contribution in [0.4, 0.5) is 0 Å². The highest BCUT2D eigenvalue weighted by molar-refractivity contribution is 6.00. The van der Waals surface area contributed by atoms with Gasteiger partial charge in [-0.1, -0.05) is 6.92 Å². The zero-order valence-corrected chi connectivity index (χ0v) is 17.4. The smallest absolute Gasteiger partial charge is 0.340 e. The monoisotopic (exact) mass is 411 g/mol. The van der Waals surface area contributed by atoms with E-state index in [1.54, 1.807) is 13.8 Å². The molecule has 7 nitrogen and oxygen atoms in total. The van der Waals surface area contributed by atoms with Gasteiger partial charge in [0.05, 0.1) is 12.0 Å². The number of carboxylic acids is 1. The van der Waals surface area contributed by atoms with E-state index in [1.165, 1.54) is 5.56 Å². The summed E-state index contributed by atoms with van der Waals surface area (Å²) < 4.78 is 11.7. The SMILES string of the molecule is CCC(NC(=O)Cc1c(C)c2cc3c4c(oc3c(C)c2oc1=O)CCCC4)C(=O)O. The lowest BCUT2D eigenvalue weighted by molar-refractivity contribution is -0.141. The molecule has 1 aliphatic carbocycles. The zero-order valence-electron chi connectivity index (χ0n) is 17.4. The van der Waals surface area contributed by atoms with Gasteiger partial charge in [0.2, 0.25) is 5.91 Å². The molecule has 2 aromatic heterocycles. The fourth-order valence-electron chi connectivity index (χ4n) is 4.37. The number of nitrogens with one attached hydrogen (secondary N) is 1. The second-order valence-corrected chi connectivity index (χ2v) is 8.00. The highest BCUT2D eigenvalue weighted by atomic mass is 16.4. The van der Waals surface area contributed by atoms with E-state index >= 15 is 0 Å². The van der Waals surface area contributed by atoms with E-state index in [0.29, 0.717) is 11.1 Å². The minimum absolute atomic E-state index is 0.228.